The summed E-state index contributed by atoms with van der Waals surface area (Å²) in [4.78, 5) is 0. The molecule has 0 amide bonds. The van der Waals surface area contributed by atoms with Gasteiger partial charge < -0.3 is 15.8 Å². The van der Waals surface area contributed by atoms with Gasteiger partial charge in [0, 0.05) is 18.7 Å². The first-order chi connectivity index (χ1) is 8.20. The third-order valence-corrected chi connectivity index (χ3v) is 4.16. The molecule has 2 rings (SSSR count). The maximum atomic E-state index is 13.3. The van der Waals surface area contributed by atoms with Crippen LogP contribution in [0.15, 0.2) is 12.1 Å². The highest BCUT2D eigenvalue weighted by atomic mass is 32.2. The number of nitrogens with two attached hydrogens (primary N) is 1. The van der Waals surface area contributed by atoms with E-state index in [1.807, 2.05) is 11.8 Å². The van der Waals surface area contributed by atoms with Crippen molar-refractivity contribution in [3.63, 3.8) is 0 Å². The van der Waals surface area contributed by atoms with Gasteiger partial charge in [-0.3, -0.25) is 0 Å². The molecule has 0 spiro atoms. The van der Waals surface area contributed by atoms with Crippen LogP contribution in [-0.4, -0.2) is 25.2 Å². The Balaban J connectivity index is 2.03. The second-order valence-electron chi connectivity index (χ2n) is 4.18. The Morgan fingerprint density at radius 2 is 2.41 bits per heavy atom. The van der Waals surface area contributed by atoms with E-state index in [0.717, 1.165) is 12.2 Å². The lowest BCUT2D eigenvalue weighted by molar-refractivity contribution is 0.387. The molecular weight excluding hydrogens is 239 g/mol. The molecule has 1 aliphatic rings. The maximum Gasteiger partial charge on any atom is 0.167 e. The van der Waals surface area contributed by atoms with E-state index in [4.69, 9.17) is 10.5 Å². The van der Waals surface area contributed by atoms with Crippen molar-refractivity contribution in [3.8, 4) is 5.75 Å². The van der Waals surface area contributed by atoms with E-state index in [1.165, 1.54) is 31.1 Å². The average molecular weight is 256 g/mol. The first kappa shape index (κ1) is 12.4. The molecule has 0 saturated carbocycles. The summed E-state index contributed by atoms with van der Waals surface area (Å²) >= 11 is 1.98. The number of rotatable bonds is 4. The van der Waals surface area contributed by atoms with E-state index >= 15 is 0 Å². The molecule has 0 aromatic heterocycles. The molecule has 1 aromatic carbocycles. The summed E-state index contributed by atoms with van der Waals surface area (Å²) in [6, 6.07) is 2.91. The summed E-state index contributed by atoms with van der Waals surface area (Å²) in [7, 11) is 1.45. The number of nitrogen functional groups attached to an aromatic ring is 1. The van der Waals surface area contributed by atoms with Crippen LogP contribution in [0.2, 0.25) is 0 Å². The van der Waals surface area contributed by atoms with Crippen LogP contribution in [0.5, 0.6) is 5.75 Å². The van der Waals surface area contributed by atoms with Crippen LogP contribution in [0.25, 0.3) is 0 Å². The second-order valence-corrected chi connectivity index (χ2v) is 5.33. The number of hydrogen-bond acceptors (Lipinski definition) is 4. The third kappa shape index (κ3) is 2.97. The Labute approximate surface area is 105 Å². The van der Waals surface area contributed by atoms with Gasteiger partial charge in [0.2, 0.25) is 0 Å². The number of methoxy groups -OCH3 is 1. The maximum absolute atomic E-state index is 13.3. The molecule has 3 nitrogen and oxygen atoms in total. The van der Waals surface area contributed by atoms with Crippen LogP contribution in [0, 0.1) is 11.7 Å². The van der Waals surface area contributed by atoms with Gasteiger partial charge in [-0.25, -0.2) is 4.39 Å². The average Bonchev–Trinajstić information content (AvgIpc) is 2.81. The lowest BCUT2D eigenvalue weighted by atomic mass is 10.1. The zero-order chi connectivity index (χ0) is 12.3. The highest BCUT2D eigenvalue weighted by Gasteiger charge is 2.16. The molecule has 94 valence electrons. The quantitative estimate of drug-likeness (QED) is 0.813. The topological polar surface area (TPSA) is 47.3 Å². The zero-order valence-electron chi connectivity index (χ0n) is 9.83. The van der Waals surface area contributed by atoms with E-state index in [0.29, 0.717) is 11.6 Å². The Kier molecular flexibility index (Phi) is 3.99. The van der Waals surface area contributed by atoms with Crippen molar-refractivity contribution in [1.29, 1.82) is 0 Å². The molecule has 1 heterocycles. The molecule has 1 atom stereocenters. The van der Waals surface area contributed by atoms with Crippen molar-refractivity contribution >= 4 is 23.1 Å². The first-order valence-corrected chi connectivity index (χ1v) is 6.81. The molecule has 17 heavy (non-hydrogen) atoms. The largest absolute Gasteiger partial charge is 0.494 e. The van der Waals surface area contributed by atoms with Gasteiger partial charge in [-0.1, -0.05) is 0 Å². The molecule has 0 radical (unpaired) electrons. The molecule has 0 bridgehead atoms. The number of nitrogens with one attached hydrogen (secondary N) is 1. The van der Waals surface area contributed by atoms with Crippen molar-refractivity contribution in [2.24, 2.45) is 5.92 Å². The summed E-state index contributed by atoms with van der Waals surface area (Å²) in [5.41, 5.74) is 6.94. The summed E-state index contributed by atoms with van der Waals surface area (Å²) in [6.45, 7) is 0.881. The monoisotopic (exact) mass is 256 g/mol. The normalized spacial score (nSPS) is 19.3. The van der Waals surface area contributed by atoms with E-state index in [9.17, 15) is 4.39 Å². The van der Waals surface area contributed by atoms with Crippen LogP contribution in [0.1, 0.15) is 6.42 Å². The van der Waals surface area contributed by atoms with Gasteiger partial charge in [-0.2, -0.15) is 11.8 Å². The molecule has 0 aliphatic carbocycles. The highest BCUT2D eigenvalue weighted by molar-refractivity contribution is 7.99. The van der Waals surface area contributed by atoms with E-state index in [-0.39, 0.29) is 5.75 Å². The Bertz CT molecular complexity index is 394. The number of benzene rings is 1. The summed E-state index contributed by atoms with van der Waals surface area (Å²) < 4.78 is 18.3. The van der Waals surface area contributed by atoms with Gasteiger partial charge in [-0.15, -0.1) is 0 Å². The zero-order valence-corrected chi connectivity index (χ0v) is 10.6. The SMILES string of the molecule is COc1cc(NCC2CCSC2)c(N)cc1F. The van der Waals surface area contributed by atoms with Gasteiger partial charge in [0.05, 0.1) is 18.5 Å². The van der Waals surface area contributed by atoms with Crippen molar-refractivity contribution in [2.75, 3.05) is 36.2 Å². The van der Waals surface area contributed by atoms with Crippen LogP contribution >= 0.6 is 11.8 Å². The Morgan fingerprint density at radius 3 is 3.06 bits per heavy atom. The Hall–Kier alpha value is -1.10. The molecule has 1 fully saturated rings. The van der Waals surface area contributed by atoms with E-state index < -0.39 is 5.82 Å². The molecule has 1 aromatic rings. The van der Waals surface area contributed by atoms with Crippen LogP contribution in [0.3, 0.4) is 0 Å². The first-order valence-electron chi connectivity index (χ1n) is 5.65. The fourth-order valence-corrected chi connectivity index (χ4v) is 3.16. The summed E-state index contributed by atoms with van der Waals surface area (Å²) in [5.74, 6) is 2.89. The summed E-state index contributed by atoms with van der Waals surface area (Å²) in [6.07, 6.45) is 1.23. The minimum Gasteiger partial charge on any atom is -0.494 e. The van der Waals surface area contributed by atoms with Gasteiger partial charge in [0.25, 0.3) is 0 Å². The van der Waals surface area contributed by atoms with E-state index in [1.54, 1.807) is 6.07 Å². The predicted octanol–water partition coefficient (Wildman–Crippen LogP) is 2.58. The van der Waals surface area contributed by atoms with Gasteiger partial charge >= 0.3 is 0 Å². The van der Waals surface area contributed by atoms with Gasteiger partial charge in [-0.05, 0) is 23.8 Å². The van der Waals surface area contributed by atoms with Crippen molar-refractivity contribution < 1.29 is 9.13 Å². The molecule has 5 heteroatoms. The van der Waals surface area contributed by atoms with Crippen LogP contribution < -0.4 is 15.8 Å². The van der Waals surface area contributed by atoms with Crippen molar-refractivity contribution in [3.05, 3.63) is 17.9 Å². The molecule has 1 saturated heterocycles. The predicted molar refractivity (Wildman–Crippen MR) is 71.3 cm³/mol. The lowest BCUT2D eigenvalue weighted by Crippen LogP contribution is -2.14. The number of thioether (sulfide) groups is 1. The van der Waals surface area contributed by atoms with Crippen molar-refractivity contribution in [2.45, 2.75) is 6.42 Å². The molecule has 3 N–H and O–H groups in total. The number of hydrogen-bond donors (Lipinski definition) is 2. The second kappa shape index (κ2) is 5.49. The number of halogens is 1. The minimum absolute atomic E-state index is 0.225. The van der Waals surface area contributed by atoms with Gasteiger partial charge in [0.1, 0.15) is 0 Å². The highest BCUT2D eigenvalue weighted by Crippen LogP contribution is 2.29. The molecule has 1 aliphatic heterocycles. The smallest absolute Gasteiger partial charge is 0.167 e. The molecule has 1 unspecified atom stereocenters. The fourth-order valence-electron chi connectivity index (χ4n) is 1.88. The van der Waals surface area contributed by atoms with Crippen LogP contribution in [-0.2, 0) is 0 Å². The standard InChI is InChI=1S/C12H17FN2OS/c1-16-12-5-11(10(14)4-9(12)13)15-6-8-2-3-17-7-8/h4-5,8,15H,2-3,6-7,14H2,1H3. The third-order valence-electron chi connectivity index (χ3n) is 2.93. The Morgan fingerprint density at radius 1 is 1.59 bits per heavy atom. The number of anilines is 2. The fraction of sp³-hybridized carbons (Fsp3) is 0.500. The van der Waals surface area contributed by atoms with E-state index in [2.05, 4.69) is 5.32 Å². The lowest BCUT2D eigenvalue weighted by Gasteiger charge is -2.14. The van der Waals surface area contributed by atoms with Crippen LogP contribution in [0.4, 0.5) is 15.8 Å². The summed E-state index contributed by atoms with van der Waals surface area (Å²) in [5, 5.41) is 3.27. The van der Waals surface area contributed by atoms with Gasteiger partial charge in [0.15, 0.2) is 11.6 Å². The van der Waals surface area contributed by atoms with Crippen molar-refractivity contribution in [1.82, 2.24) is 0 Å². The number of ether oxygens (including phenoxy) is 1. The minimum atomic E-state index is -0.424. The molecular formula is C12H17FN2OS.